The van der Waals surface area contributed by atoms with Crippen LogP contribution in [-0.2, 0) is 15.6 Å². The summed E-state index contributed by atoms with van der Waals surface area (Å²) in [6.45, 7) is 0.590. The van der Waals surface area contributed by atoms with E-state index in [1.807, 2.05) is 0 Å². The topological polar surface area (TPSA) is 86.7 Å². The number of carboxylic acid groups (broad SMARTS) is 1. The molecule has 0 aromatic carbocycles. The van der Waals surface area contributed by atoms with Crippen LogP contribution in [0, 0.1) is 0 Å². The molecular formula is C12H20N2O4S2. The minimum Gasteiger partial charge on any atom is -0.481 e. The van der Waals surface area contributed by atoms with Crippen molar-refractivity contribution in [2.45, 2.75) is 31.3 Å². The van der Waals surface area contributed by atoms with E-state index < -0.39 is 16.8 Å². The third kappa shape index (κ3) is 4.37. The quantitative estimate of drug-likeness (QED) is 0.791. The van der Waals surface area contributed by atoms with Crippen molar-refractivity contribution in [1.82, 2.24) is 10.2 Å². The third-order valence-electron chi connectivity index (χ3n) is 3.61. The maximum atomic E-state index is 12.3. The average Bonchev–Trinajstić information content (AvgIpc) is 2.41. The number of nitrogens with one attached hydrogen (secondary N) is 1. The second-order valence-electron chi connectivity index (χ2n) is 5.09. The van der Waals surface area contributed by atoms with Gasteiger partial charge in [0.05, 0.1) is 12.5 Å². The van der Waals surface area contributed by atoms with Gasteiger partial charge in [-0.2, -0.15) is 11.8 Å². The molecule has 20 heavy (non-hydrogen) atoms. The Kier molecular flexibility index (Phi) is 5.71. The monoisotopic (exact) mass is 320 g/mol. The number of hydrogen-bond acceptors (Lipinski definition) is 4. The van der Waals surface area contributed by atoms with Gasteiger partial charge in [0.15, 0.2) is 0 Å². The van der Waals surface area contributed by atoms with Crippen molar-refractivity contribution in [3.05, 3.63) is 0 Å². The van der Waals surface area contributed by atoms with E-state index in [0.29, 0.717) is 23.8 Å². The van der Waals surface area contributed by atoms with Gasteiger partial charge < -0.3 is 15.3 Å². The lowest BCUT2D eigenvalue weighted by Gasteiger charge is -2.36. The summed E-state index contributed by atoms with van der Waals surface area (Å²) in [5.41, 5.74) is 0. The van der Waals surface area contributed by atoms with Gasteiger partial charge in [-0.05, 0) is 12.8 Å². The molecule has 0 saturated carbocycles. The van der Waals surface area contributed by atoms with Crippen LogP contribution in [0.25, 0.3) is 0 Å². The Morgan fingerprint density at radius 1 is 1.35 bits per heavy atom. The van der Waals surface area contributed by atoms with Crippen LogP contribution in [-0.4, -0.2) is 67.9 Å². The van der Waals surface area contributed by atoms with Crippen molar-refractivity contribution in [3.8, 4) is 0 Å². The Morgan fingerprint density at radius 2 is 2.05 bits per heavy atom. The van der Waals surface area contributed by atoms with Gasteiger partial charge in [-0.25, -0.2) is 4.79 Å². The lowest BCUT2D eigenvalue weighted by Crippen LogP contribution is -2.54. The van der Waals surface area contributed by atoms with Gasteiger partial charge in [-0.15, -0.1) is 0 Å². The van der Waals surface area contributed by atoms with Crippen LogP contribution in [0.2, 0.25) is 0 Å². The fraction of sp³-hybridized carbons (Fsp3) is 0.833. The zero-order valence-corrected chi connectivity index (χ0v) is 12.9. The van der Waals surface area contributed by atoms with Gasteiger partial charge >= 0.3 is 12.0 Å². The van der Waals surface area contributed by atoms with Gasteiger partial charge in [0, 0.05) is 46.4 Å². The van der Waals surface area contributed by atoms with E-state index >= 15 is 0 Å². The summed E-state index contributed by atoms with van der Waals surface area (Å²) in [5, 5.41) is 11.9. The molecule has 6 nitrogen and oxygen atoms in total. The highest BCUT2D eigenvalue weighted by Gasteiger charge is 2.30. The van der Waals surface area contributed by atoms with Gasteiger partial charge in [0.2, 0.25) is 0 Å². The first-order chi connectivity index (χ1) is 9.56. The summed E-state index contributed by atoms with van der Waals surface area (Å²) in [6, 6.07) is -0.335. The van der Waals surface area contributed by atoms with Crippen LogP contribution < -0.4 is 5.32 Å². The van der Waals surface area contributed by atoms with E-state index in [9.17, 15) is 13.8 Å². The number of amides is 2. The molecule has 0 spiro atoms. The standard InChI is InChI=1S/C12H20N2O4S2/c15-11(16)7-10-8-19-4-3-14(10)12(17)13-9-1-5-20(18)6-2-9/h9-10H,1-8H2,(H,13,17)(H,15,16). The number of rotatable bonds is 3. The van der Waals surface area contributed by atoms with Crippen LogP contribution in [0.5, 0.6) is 0 Å². The van der Waals surface area contributed by atoms with Crippen LogP contribution in [0.15, 0.2) is 0 Å². The summed E-state index contributed by atoms with van der Waals surface area (Å²) >= 11 is 1.69. The molecule has 2 saturated heterocycles. The zero-order chi connectivity index (χ0) is 14.5. The molecule has 0 aromatic rings. The Labute approximate surface area is 125 Å². The van der Waals surface area contributed by atoms with Crippen LogP contribution in [0.3, 0.4) is 0 Å². The summed E-state index contributed by atoms with van der Waals surface area (Å²) in [4.78, 5) is 24.8. The molecule has 8 heteroatoms. The fourth-order valence-electron chi connectivity index (χ4n) is 2.49. The van der Waals surface area contributed by atoms with Gasteiger partial charge in [-0.3, -0.25) is 9.00 Å². The highest BCUT2D eigenvalue weighted by molar-refractivity contribution is 7.99. The number of urea groups is 1. The molecule has 2 heterocycles. The number of aliphatic carboxylic acids is 1. The third-order valence-corrected chi connectivity index (χ3v) is 6.09. The number of nitrogens with zero attached hydrogens (tertiary/aromatic N) is 1. The Morgan fingerprint density at radius 3 is 2.70 bits per heavy atom. The molecule has 2 amide bonds. The van der Waals surface area contributed by atoms with E-state index in [1.165, 1.54) is 0 Å². The smallest absolute Gasteiger partial charge is 0.317 e. The Balaban J connectivity index is 1.88. The highest BCUT2D eigenvalue weighted by Crippen LogP contribution is 2.20. The molecule has 2 N–H and O–H groups in total. The minimum atomic E-state index is -0.872. The SMILES string of the molecule is O=C(O)CC1CSCCN1C(=O)NC1CCS(=O)CC1. The van der Waals surface area contributed by atoms with E-state index in [-0.39, 0.29) is 24.5 Å². The summed E-state index contributed by atoms with van der Waals surface area (Å²) in [6.07, 6.45) is 1.48. The number of thioether (sulfide) groups is 1. The summed E-state index contributed by atoms with van der Waals surface area (Å²) in [5.74, 6) is 1.93. The molecule has 2 aliphatic heterocycles. The molecule has 2 rings (SSSR count). The van der Waals surface area contributed by atoms with Crippen molar-refractivity contribution in [1.29, 1.82) is 0 Å². The molecule has 1 atom stereocenters. The van der Waals surface area contributed by atoms with E-state index in [1.54, 1.807) is 16.7 Å². The first-order valence-electron chi connectivity index (χ1n) is 6.78. The van der Waals surface area contributed by atoms with Gasteiger partial charge in [0.1, 0.15) is 0 Å². The number of carbonyl (C=O) groups is 2. The number of carbonyl (C=O) groups excluding carboxylic acids is 1. The lowest BCUT2D eigenvalue weighted by atomic mass is 10.1. The highest BCUT2D eigenvalue weighted by atomic mass is 32.2. The first-order valence-corrected chi connectivity index (χ1v) is 9.42. The molecule has 2 aliphatic rings. The molecule has 0 bridgehead atoms. The van der Waals surface area contributed by atoms with E-state index in [4.69, 9.17) is 5.11 Å². The molecule has 0 aromatic heterocycles. The normalized spacial score (nSPS) is 30.8. The molecule has 2 fully saturated rings. The molecular weight excluding hydrogens is 300 g/mol. The van der Waals surface area contributed by atoms with Gasteiger partial charge in [-0.1, -0.05) is 0 Å². The first kappa shape index (κ1) is 15.6. The predicted octanol–water partition coefficient (Wildman–Crippen LogP) is 0.499. The second-order valence-corrected chi connectivity index (χ2v) is 7.94. The summed E-state index contributed by atoms with van der Waals surface area (Å²) < 4.78 is 11.3. The van der Waals surface area contributed by atoms with Gasteiger partial charge in [0.25, 0.3) is 0 Å². The van der Waals surface area contributed by atoms with Crippen molar-refractivity contribution in [3.63, 3.8) is 0 Å². The van der Waals surface area contributed by atoms with Crippen LogP contribution >= 0.6 is 11.8 Å². The Bertz CT molecular complexity index is 395. The largest absolute Gasteiger partial charge is 0.481 e. The van der Waals surface area contributed by atoms with Crippen molar-refractivity contribution >= 4 is 34.6 Å². The fourth-order valence-corrected chi connectivity index (χ4v) is 4.85. The molecule has 0 radical (unpaired) electrons. The van der Waals surface area contributed by atoms with Crippen molar-refractivity contribution in [2.24, 2.45) is 0 Å². The predicted molar refractivity (Wildman–Crippen MR) is 79.5 cm³/mol. The second kappa shape index (κ2) is 7.31. The van der Waals surface area contributed by atoms with Crippen molar-refractivity contribution < 1.29 is 18.9 Å². The average molecular weight is 320 g/mol. The maximum absolute atomic E-state index is 12.3. The van der Waals surface area contributed by atoms with Crippen LogP contribution in [0.4, 0.5) is 4.79 Å². The lowest BCUT2D eigenvalue weighted by molar-refractivity contribution is -0.138. The number of carboxylic acids is 1. The maximum Gasteiger partial charge on any atom is 0.317 e. The summed E-state index contributed by atoms with van der Waals surface area (Å²) in [7, 11) is -0.741. The van der Waals surface area contributed by atoms with Crippen molar-refractivity contribution in [2.75, 3.05) is 29.6 Å². The minimum absolute atomic E-state index is 0.00486. The Hall–Kier alpha value is -0.760. The van der Waals surface area contributed by atoms with Crippen LogP contribution in [0.1, 0.15) is 19.3 Å². The van der Waals surface area contributed by atoms with E-state index in [0.717, 1.165) is 18.6 Å². The number of hydrogen-bond donors (Lipinski definition) is 2. The molecule has 114 valence electrons. The zero-order valence-electron chi connectivity index (χ0n) is 11.2. The molecule has 1 unspecified atom stereocenters. The van der Waals surface area contributed by atoms with E-state index in [2.05, 4.69) is 5.32 Å². The molecule has 0 aliphatic carbocycles.